The second kappa shape index (κ2) is 5.78. The van der Waals surface area contributed by atoms with Crippen molar-refractivity contribution >= 4 is 11.7 Å². The van der Waals surface area contributed by atoms with Crippen LogP contribution in [0.2, 0.25) is 0 Å². The number of rotatable bonds is 4. The van der Waals surface area contributed by atoms with Crippen LogP contribution in [-0.2, 0) is 4.79 Å². The van der Waals surface area contributed by atoms with Crippen molar-refractivity contribution in [3.05, 3.63) is 42.1 Å². The zero-order valence-corrected chi connectivity index (χ0v) is 11.9. The van der Waals surface area contributed by atoms with Gasteiger partial charge in [-0.3, -0.25) is 10.2 Å². The molecule has 3 N–H and O–H groups in total. The van der Waals surface area contributed by atoms with Gasteiger partial charge in [-0.15, -0.1) is 5.10 Å². The number of nitrogens with one attached hydrogen (secondary N) is 1. The van der Waals surface area contributed by atoms with Crippen molar-refractivity contribution in [2.75, 3.05) is 6.61 Å². The van der Waals surface area contributed by atoms with Crippen molar-refractivity contribution < 1.29 is 9.53 Å². The molecular weight excluding hydrogens is 284 g/mol. The molecule has 1 aromatic carbocycles. The van der Waals surface area contributed by atoms with Crippen LogP contribution in [0.3, 0.4) is 0 Å². The van der Waals surface area contributed by atoms with Crippen molar-refractivity contribution in [1.29, 1.82) is 0 Å². The molecule has 0 bridgehead atoms. The molecule has 0 atom stereocenters. The van der Waals surface area contributed by atoms with E-state index in [-0.39, 0.29) is 6.61 Å². The fraction of sp³-hybridized carbons (Fsp3) is 0.143. The van der Waals surface area contributed by atoms with Gasteiger partial charge in [0.25, 0.3) is 11.7 Å². The number of carbonyl (C=O) groups excluding carboxylic acids is 1. The number of aryl methyl sites for hydroxylation is 1. The highest BCUT2D eigenvalue weighted by atomic mass is 16.5. The van der Waals surface area contributed by atoms with Gasteiger partial charge < -0.3 is 4.74 Å². The summed E-state index contributed by atoms with van der Waals surface area (Å²) in [5, 5.41) is 4.38. The number of hydrogen-bond acceptors (Lipinski definition) is 6. The minimum absolute atomic E-state index is 0.213. The molecule has 0 aliphatic heterocycles. The number of ether oxygens (including phenoxy) is 1. The number of aromatic nitrogens is 4. The first-order valence-corrected chi connectivity index (χ1v) is 6.59. The number of nitrogens with zero attached hydrogens (tertiary/aromatic N) is 4. The highest BCUT2D eigenvalue weighted by molar-refractivity contribution is 5.76. The standard InChI is InChI=1S/C14H14N6O2/c1-9-7-12(22-8-11(21)18-15)20-14(16-9)17-13(19-20)10-5-3-2-4-6-10/h2-7H,8,15H2,1H3,(H,18,21). The second-order valence-electron chi connectivity index (χ2n) is 4.61. The van der Waals surface area contributed by atoms with Crippen LogP contribution in [0.15, 0.2) is 36.4 Å². The Kier molecular flexibility index (Phi) is 3.67. The average molecular weight is 298 g/mol. The van der Waals surface area contributed by atoms with Crippen LogP contribution in [-0.4, -0.2) is 32.1 Å². The van der Waals surface area contributed by atoms with E-state index in [1.807, 2.05) is 42.7 Å². The SMILES string of the molecule is Cc1cc(OCC(=O)NN)n2nc(-c3ccccc3)nc2n1. The van der Waals surface area contributed by atoms with Gasteiger partial charge >= 0.3 is 0 Å². The van der Waals surface area contributed by atoms with E-state index in [4.69, 9.17) is 10.6 Å². The molecule has 2 heterocycles. The maximum atomic E-state index is 11.2. The van der Waals surface area contributed by atoms with Crippen molar-refractivity contribution in [1.82, 2.24) is 25.0 Å². The van der Waals surface area contributed by atoms with Crippen molar-refractivity contribution in [3.8, 4) is 17.3 Å². The molecule has 0 aliphatic carbocycles. The molecule has 0 aliphatic rings. The summed E-state index contributed by atoms with van der Waals surface area (Å²) in [4.78, 5) is 19.9. The van der Waals surface area contributed by atoms with Gasteiger partial charge in [-0.05, 0) is 6.92 Å². The van der Waals surface area contributed by atoms with E-state index >= 15 is 0 Å². The van der Waals surface area contributed by atoms with Gasteiger partial charge in [-0.1, -0.05) is 30.3 Å². The third kappa shape index (κ3) is 2.72. The Morgan fingerprint density at radius 3 is 2.82 bits per heavy atom. The predicted molar refractivity (Wildman–Crippen MR) is 78.8 cm³/mol. The first-order valence-electron chi connectivity index (χ1n) is 6.59. The maximum Gasteiger partial charge on any atom is 0.271 e. The Balaban J connectivity index is 2.01. The molecule has 0 saturated carbocycles. The predicted octanol–water partition coefficient (Wildman–Crippen LogP) is 0.468. The molecule has 0 unspecified atom stereocenters. The molecule has 112 valence electrons. The molecule has 0 fully saturated rings. The summed E-state index contributed by atoms with van der Waals surface area (Å²) in [6.45, 7) is 1.60. The minimum Gasteiger partial charge on any atom is -0.467 e. The Bertz CT molecular complexity index is 815. The van der Waals surface area contributed by atoms with Gasteiger partial charge in [0.2, 0.25) is 5.88 Å². The van der Waals surface area contributed by atoms with Gasteiger partial charge in [0.15, 0.2) is 12.4 Å². The van der Waals surface area contributed by atoms with Crippen LogP contribution in [0, 0.1) is 6.92 Å². The number of carbonyl (C=O) groups is 1. The first kappa shape index (κ1) is 14.0. The number of nitrogens with two attached hydrogens (primary N) is 1. The lowest BCUT2D eigenvalue weighted by molar-refractivity contribution is -0.123. The largest absolute Gasteiger partial charge is 0.467 e. The fourth-order valence-electron chi connectivity index (χ4n) is 1.95. The normalized spacial score (nSPS) is 10.6. The topological polar surface area (TPSA) is 107 Å². The molecular formula is C14H14N6O2. The third-order valence-corrected chi connectivity index (χ3v) is 2.95. The minimum atomic E-state index is -0.439. The van der Waals surface area contributed by atoms with Crippen molar-refractivity contribution in [3.63, 3.8) is 0 Å². The molecule has 8 nitrogen and oxygen atoms in total. The Hall–Kier alpha value is -3.00. The van der Waals surface area contributed by atoms with Crippen LogP contribution >= 0.6 is 0 Å². The van der Waals surface area contributed by atoms with E-state index in [0.29, 0.717) is 23.2 Å². The number of benzene rings is 1. The van der Waals surface area contributed by atoms with Crippen LogP contribution < -0.4 is 16.0 Å². The van der Waals surface area contributed by atoms with Gasteiger partial charge in [-0.2, -0.15) is 9.50 Å². The first-order chi connectivity index (χ1) is 10.7. The molecule has 0 spiro atoms. The second-order valence-corrected chi connectivity index (χ2v) is 4.61. The monoisotopic (exact) mass is 298 g/mol. The zero-order valence-electron chi connectivity index (χ0n) is 11.9. The average Bonchev–Trinajstić information content (AvgIpc) is 2.97. The summed E-state index contributed by atoms with van der Waals surface area (Å²) in [6, 6.07) is 11.2. The highest BCUT2D eigenvalue weighted by Crippen LogP contribution is 2.19. The number of hydrazine groups is 1. The van der Waals surface area contributed by atoms with Crippen molar-refractivity contribution in [2.24, 2.45) is 5.84 Å². The summed E-state index contributed by atoms with van der Waals surface area (Å²) in [6.07, 6.45) is 0. The number of hydrogen-bond donors (Lipinski definition) is 2. The third-order valence-electron chi connectivity index (χ3n) is 2.95. The smallest absolute Gasteiger partial charge is 0.271 e. The molecule has 3 rings (SSSR count). The van der Waals surface area contributed by atoms with E-state index in [9.17, 15) is 4.79 Å². The number of amides is 1. The molecule has 22 heavy (non-hydrogen) atoms. The molecule has 3 aromatic rings. The van der Waals surface area contributed by atoms with Crippen LogP contribution in [0.5, 0.6) is 5.88 Å². The fourth-order valence-corrected chi connectivity index (χ4v) is 1.95. The highest BCUT2D eigenvalue weighted by Gasteiger charge is 2.13. The van der Waals surface area contributed by atoms with E-state index in [1.54, 1.807) is 6.07 Å². The Morgan fingerprint density at radius 1 is 1.32 bits per heavy atom. The van der Waals surface area contributed by atoms with E-state index in [2.05, 4.69) is 15.1 Å². The zero-order chi connectivity index (χ0) is 15.5. The van der Waals surface area contributed by atoms with E-state index in [1.165, 1.54) is 4.52 Å². The maximum absolute atomic E-state index is 11.2. The van der Waals surface area contributed by atoms with Crippen LogP contribution in [0.25, 0.3) is 17.2 Å². The molecule has 8 heteroatoms. The van der Waals surface area contributed by atoms with Gasteiger partial charge in [0, 0.05) is 17.3 Å². The lowest BCUT2D eigenvalue weighted by atomic mass is 10.2. The summed E-state index contributed by atoms with van der Waals surface area (Å²) in [5.74, 6) is 5.91. The lowest BCUT2D eigenvalue weighted by Crippen LogP contribution is -2.34. The molecule has 0 saturated heterocycles. The quantitative estimate of drug-likeness (QED) is 0.412. The van der Waals surface area contributed by atoms with E-state index < -0.39 is 5.91 Å². The Morgan fingerprint density at radius 2 is 2.09 bits per heavy atom. The number of fused-ring (bicyclic) bond motifs is 1. The van der Waals surface area contributed by atoms with Crippen LogP contribution in [0.4, 0.5) is 0 Å². The summed E-state index contributed by atoms with van der Waals surface area (Å²) < 4.78 is 6.89. The van der Waals surface area contributed by atoms with Gasteiger partial charge in [-0.25, -0.2) is 10.8 Å². The summed E-state index contributed by atoms with van der Waals surface area (Å²) >= 11 is 0. The van der Waals surface area contributed by atoms with Crippen LogP contribution in [0.1, 0.15) is 5.69 Å². The molecule has 0 radical (unpaired) electrons. The lowest BCUT2D eigenvalue weighted by Gasteiger charge is -2.06. The Labute approximate surface area is 125 Å². The summed E-state index contributed by atoms with van der Waals surface area (Å²) in [7, 11) is 0. The molecule has 1 amide bonds. The van der Waals surface area contributed by atoms with Crippen molar-refractivity contribution in [2.45, 2.75) is 6.92 Å². The van der Waals surface area contributed by atoms with E-state index in [0.717, 1.165) is 5.56 Å². The molecule has 2 aromatic heterocycles. The summed E-state index contributed by atoms with van der Waals surface area (Å²) in [5.41, 5.74) is 3.59. The van der Waals surface area contributed by atoms with Gasteiger partial charge in [0.1, 0.15) is 0 Å². The van der Waals surface area contributed by atoms with Gasteiger partial charge in [0.05, 0.1) is 0 Å².